The van der Waals surface area contributed by atoms with E-state index < -0.39 is 11.7 Å². The number of alkyl halides is 3. The van der Waals surface area contributed by atoms with Crippen LogP contribution in [0.4, 0.5) is 30.6 Å². The molecule has 1 aliphatic rings. The number of aromatic nitrogens is 6. The number of anilines is 3. The molecule has 0 aromatic carbocycles. The Balaban J connectivity index is 1.60. The Hall–Kier alpha value is -3.11. The Morgan fingerprint density at radius 2 is 2.11 bits per heavy atom. The van der Waals surface area contributed by atoms with E-state index in [9.17, 15) is 13.2 Å². The van der Waals surface area contributed by atoms with Crippen molar-refractivity contribution in [2.24, 2.45) is 0 Å². The Morgan fingerprint density at radius 1 is 1.29 bits per heavy atom. The Labute approximate surface area is 158 Å². The summed E-state index contributed by atoms with van der Waals surface area (Å²) in [5.41, 5.74) is 1.52. The summed E-state index contributed by atoms with van der Waals surface area (Å²) >= 11 is 0. The summed E-state index contributed by atoms with van der Waals surface area (Å²) in [5, 5.41) is 10.2. The van der Waals surface area contributed by atoms with Crippen LogP contribution in [0, 0.1) is 6.92 Å². The highest BCUT2D eigenvalue weighted by molar-refractivity contribution is 5.58. The molecule has 4 heterocycles. The molecule has 148 valence electrons. The van der Waals surface area contributed by atoms with E-state index in [0.29, 0.717) is 17.9 Å². The maximum atomic E-state index is 13.1. The number of rotatable bonds is 5. The van der Waals surface area contributed by atoms with Gasteiger partial charge in [-0.05, 0) is 20.3 Å². The number of hydrogen-bond donors (Lipinski definition) is 2. The number of imidazole rings is 1. The summed E-state index contributed by atoms with van der Waals surface area (Å²) in [6, 6.07) is 0.0718. The lowest BCUT2D eigenvalue weighted by atomic mass is 10.2. The van der Waals surface area contributed by atoms with E-state index in [4.69, 9.17) is 0 Å². The normalized spacial score (nSPS) is 16.2. The largest absolute Gasteiger partial charge is 0.421 e. The number of hydrogen-bond acceptors (Lipinski definition) is 6. The monoisotopic (exact) mass is 392 g/mol. The lowest BCUT2D eigenvalue weighted by Crippen LogP contribution is -2.14. The van der Waals surface area contributed by atoms with Gasteiger partial charge in [0.1, 0.15) is 11.4 Å². The number of nitrogens with one attached hydrogen (secondary N) is 2. The SMILES string of the molecule is CCNc1nc(Nc2cn(C3CCn4cncc43)nc2C)ncc1C(F)(F)F. The van der Waals surface area contributed by atoms with Crippen molar-refractivity contribution in [3.05, 3.63) is 41.9 Å². The highest BCUT2D eigenvalue weighted by Crippen LogP contribution is 2.34. The topological polar surface area (TPSA) is 85.5 Å². The second kappa shape index (κ2) is 6.80. The smallest absolute Gasteiger partial charge is 0.370 e. The first-order chi connectivity index (χ1) is 13.4. The van der Waals surface area contributed by atoms with Crippen molar-refractivity contribution >= 4 is 17.5 Å². The van der Waals surface area contributed by atoms with Crippen molar-refractivity contribution in [2.45, 2.75) is 39.0 Å². The molecule has 1 aliphatic heterocycles. The van der Waals surface area contributed by atoms with Crippen LogP contribution in [0.25, 0.3) is 0 Å². The maximum Gasteiger partial charge on any atom is 0.421 e. The van der Waals surface area contributed by atoms with Gasteiger partial charge in [0.15, 0.2) is 0 Å². The quantitative estimate of drug-likeness (QED) is 0.693. The highest BCUT2D eigenvalue weighted by Gasteiger charge is 2.35. The number of halogens is 3. The summed E-state index contributed by atoms with van der Waals surface area (Å²) in [5.74, 6) is -0.180. The van der Waals surface area contributed by atoms with E-state index in [-0.39, 0.29) is 17.8 Å². The molecule has 1 atom stereocenters. The molecule has 0 spiro atoms. The van der Waals surface area contributed by atoms with Gasteiger partial charge in [-0.2, -0.15) is 23.3 Å². The average Bonchev–Trinajstić information content (AvgIpc) is 3.31. The van der Waals surface area contributed by atoms with Crippen LogP contribution in [0.15, 0.2) is 24.9 Å². The van der Waals surface area contributed by atoms with Gasteiger partial charge in [0.25, 0.3) is 0 Å². The van der Waals surface area contributed by atoms with Gasteiger partial charge in [0, 0.05) is 25.5 Å². The van der Waals surface area contributed by atoms with E-state index in [1.54, 1.807) is 13.3 Å². The minimum Gasteiger partial charge on any atom is -0.370 e. The maximum absolute atomic E-state index is 13.1. The van der Waals surface area contributed by atoms with Gasteiger partial charge in [0.05, 0.1) is 35.6 Å². The van der Waals surface area contributed by atoms with Gasteiger partial charge in [-0.25, -0.2) is 9.97 Å². The third-order valence-corrected chi connectivity index (χ3v) is 4.65. The number of nitrogens with zero attached hydrogens (tertiary/aromatic N) is 6. The molecule has 0 amide bonds. The van der Waals surface area contributed by atoms with E-state index in [1.165, 1.54) is 0 Å². The Kier molecular flexibility index (Phi) is 4.44. The van der Waals surface area contributed by atoms with Crippen LogP contribution in [-0.4, -0.2) is 35.8 Å². The molecule has 0 saturated carbocycles. The standard InChI is InChI=1S/C17H19F3N8/c1-3-22-15-11(17(18,19)20)6-23-16(25-15)24-12-8-28(26-10(12)2)13-4-5-27-9-21-7-14(13)27/h6-9,13H,3-5H2,1-2H3,(H2,22,23,24,25). The summed E-state index contributed by atoms with van der Waals surface area (Å²) in [4.78, 5) is 12.0. The van der Waals surface area contributed by atoms with Crippen molar-refractivity contribution in [1.29, 1.82) is 0 Å². The second-order valence-electron chi connectivity index (χ2n) is 6.53. The molecule has 1 unspecified atom stereocenters. The van der Waals surface area contributed by atoms with Crippen LogP contribution in [0.1, 0.15) is 36.3 Å². The fourth-order valence-corrected chi connectivity index (χ4v) is 3.31. The summed E-state index contributed by atoms with van der Waals surface area (Å²) in [6.45, 7) is 4.71. The fourth-order valence-electron chi connectivity index (χ4n) is 3.31. The van der Waals surface area contributed by atoms with Gasteiger partial charge in [-0.15, -0.1) is 0 Å². The molecule has 0 bridgehead atoms. The van der Waals surface area contributed by atoms with Crippen LogP contribution < -0.4 is 10.6 Å². The molecule has 2 N–H and O–H groups in total. The molecule has 11 heteroatoms. The van der Waals surface area contributed by atoms with Crippen LogP contribution in [0.3, 0.4) is 0 Å². The third-order valence-electron chi connectivity index (χ3n) is 4.65. The zero-order valence-corrected chi connectivity index (χ0v) is 15.3. The first-order valence-corrected chi connectivity index (χ1v) is 8.87. The van der Waals surface area contributed by atoms with E-state index in [1.807, 2.05) is 24.0 Å². The molecule has 4 rings (SSSR count). The molecule has 28 heavy (non-hydrogen) atoms. The van der Waals surface area contributed by atoms with Crippen molar-refractivity contribution in [3.63, 3.8) is 0 Å². The van der Waals surface area contributed by atoms with Crippen LogP contribution >= 0.6 is 0 Å². The molecule has 3 aromatic rings. The zero-order valence-electron chi connectivity index (χ0n) is 15.3. The highest BCUT2D eigenvalue weighted by atomic mass is 19.4. The lowest BCUT2D eigenvalue weighted by Gasteiger charge is -2.13. The number of fused-ring (bicyclic) bond motifs is 1. The van der Waals surface area contributed by atoms with Gasteiger partial charge in [-0.1, -0.05) is 0 Å². The van der Waals surface area contributed by atoms with Crippen LogP contribution in [-0.2, 0) is 12.7 Å². The van der Waals surface area contributed by atoms with Gasteiger partial charge >= 0.3 is 6.18 Å². The Morgan fingerprint density at radius 3 is 2.86 bits per heavy atom. The minimum absolute atomic E-state index is 0.0718. The van der Waals surface area contributed by atoms with Gasteiger partial charge < -0.3 is 15.2 Å². The molecule has 0 radical (unpaired) electrons. The van der Waals surface area contributed by atoms with Crippen LogP contribution in [0.5, 0.6) is 0 Å². The first-order valence-electron chi connectivity index (χ1n) is 8.87. The van der Waals surface area contributed by atoms with E-state index in [0.717, 1.165) is 24.9 Å². The number of aryl methyl sites for hydroxylation is 2. The van der Waals surface area contributed by atoms with Gasteiger partial charge in [0.2, 0.25) is 5.95 Å². The molecule has 0 fully saturated rings. The van der Waals surface area contributed by atoms with E-state index in [2.05, 4.69) is 35.3 Å². The molecular weight excluding hydrogens is 373 g/mol. The summed E-state index contributed by atoms with van der Waals surface area (Å²) in [7, 11) is 0. The first kappa shape index (κ1) is 18.3. The van der Waals surface area contributed by atoms with Gasteiger partial charge in [-0.3, -0.25) is 4.68 Å². The molecule has 0 aliphatic carbocycles. The van der Waals surface area contributed by atoms with Crippen molar-refractivity contribution in [1.82, 2.24) is 29.3 Å². The predicted molar refractivity (Wildman–Crippen MR) is 96.4 cm³/mol. The zero-order chi connectivity index (χ0) is 19.9. The summed E-state index contributed by atoms with van der Waals surface area (Å²) in [6.07, 6.45) is 2.59. The molecular formula is C17H19F3N8. The van der Waals surface area contributed by atoms with E-state index >= 15 is 0 Å². The van der Waals surface area contributed by atoms with Crippen molar-refractivity contribution in [2.75, 3.05) is 17.2 Å². The van der Waals surface area contributed by atoms with Crippen molar-refractivity contribution in [3.8, 4) is 0 Å². The summed E-state index contributed by atoms with van der Waals surface area (Å²) < 4.78 is 43.2. The predicted octanol–water partition coefficient (Wildman–Crippen LogP) is 3.37. The second-order valence-corrected chi connectivity index (χ2v) is 6.53. The Bertz CT molecular complexity index is 991. The minimum atomic E-state index is -4.53. The lowest BCUT2D eigenvalue weighted by molar-refractivity contribution is -0.137. The van der Waals surface area contributed by atoms with Crippen molar-refractivity contribution < 1.29 is 13.2 Å². The van der Waals surface area contributed by atoms with Crippen LogP contribution in [0.2, 0.25) is 0 Å². The molecule has 3 aromatic heterocycles. The molecule has 0 saturated heterocycles. The fraction of sp³-hybridized carbons (Fsp3) is 0.412. The average molecular weight is 392 g/mol. The molecule has 8 nitrogen and oxygen atoms in total. The third kappa shape index (κ3) is 3.27.